The Morgan fingerprint density at radius 2 is 1.20 bits per heavy atom. The van der Waals surface area contributed by atoms with Gasteiger partial charge in [0.25, 0.3) is 0 Å². The standard InChI is InChI=1S/C42H27N3S/c1-2-13-29-27(11-1)28-12-3-4-14-30(28)34-25-26(21-22-31(29)34)39-32-15-9-24-44-41(32)42(33-16-10-23-43-40(33)39)45-35-17-5-7-19-37(35)46-38-20-8-6-18-36(38)45/h1-5,7-17,19-25H,6,18H2. The lowest BCUT2D eigenvalue weighted by atomic mass is 9.90. The van der Waals surface area contributed by atoms with E-state index in [2.05, 4.69) is 132 Å². The van der Waals surface area contributed by atoms with Crippen LogP contribution >= 0.6 is 11.8 Å². The van der Waals surface area contributed by atoms with Crippen LogP contribution in [-0.4, -0.2) is 9.97 Å². The van der Waals surface area contributed by atoms with E-state index in [0.29, 0.717) is 0 Å². The number of anilines is 2. The molecule has 0 saturated carbocycles. The summed E-state index contributed by atoms with van der Waals surface area (Å²) in [6.07, 6.45) is 10.5. The first-order valence-corrected chi connectivity index (χ1v) is 16.6. The lowest BCUT2D eigenvalue weighted by Crippen LogP contribution is -2.23. The molecule has 4 heteroatoms. The molecule has 0 saturated heterocycles. The number of allylic oxidation sites excluding steroid dienone is 3. The number of para-hydroxylation sites is 1. The molecule has 1 aliphatic heterocycles. The van der Waals surface area contributed by atoms with Crippen LogP contribution in [0.3, 0.4) is 0 Å². The molecule has 2 aliphatic rings. The molecule has 0 amide bonds. The zero-order chi connectivity index (χ0) is 30.2. The zero-order valence-electron chi connectivity index (χ0n) is 24.9. The summed E-state index contributed by atoms with van der Waals surface area (Å²) >= 11 is 1.87. The van der Waals surface area contributed by atoms with Crippen LogP contribution in [0.4, 0.5) is 11.4 Å². The number of pyridine rings is 2. The van der Waals surface area contributed by atoms with Crippen molar-refractivity contribution in [2.75, 3.05) is 4.90 Å². The summed E-state index contributed by atoms with van der Waals surface area (Å²) in [5, 5.41) is 9.84. The number of benzene rings is 6. The van der Waals surface area contributed by atoms with Crippen LogP contribution < -0.4 is 4.90 Å². The molecule has 10 rings (SSSR count). The molecule has 216 valence electrons. The van der Waals surface area contributed by atoms with Crippen LogP contribution in [0.2, 0.25) is 0 Å². The second-order valence-corrected chi connectivity index (χ2v) is 13.1. The Hall–Kier alpha value is -5.45. The van der Waals surface area contributed by atoms with Crippen LogP contribution in [-0.2, 0) is 0 Å². The Morgan fingerprint density at radius 3 is 1.98 bits per heavy atom. The predicted molar refractivity (Wildman–Crippen MR) is 195 cm³/mol. The number of hydrogen-bond donors (Lipinski definition) is 0. The molecular formula is C42H27N3S. The van der Waals surface area contributed by atoms with Gasteiger partial charge >= 0.3 is 0 Å². The van der Waals surface area contributed by atoms with Crippen molar-refractivity contribution in [3.8, 4) is 11.1 Å². The average molecular weight is 606 g/mol. The largest absolute Gasteiger partial charge is 0.309 e. The van der Waals surface area contributed by atoms with E-state index in [1.54, 1.807) is 0 Å². The Balaban J connectivity index is 1.32. The normalized spacial score (nSPS) is 14.5. The fraction of sp³-hybridized carbons (Fsp3) is 0.0476. The first-order chi connectivity index (χ1) is 22.8. The van der Waals surface area contributed by atoms with Gasteiger partial charge in [0.15, 0.2) is 0 Å². The molecule has 46 heavy (non-hydrogen) atoms. The van der Waals surface area contributed by atoms with Gasteiger partial charge in [0.2, 0.25) is 0 Å². The summed E-state index contributed by atoms with van der Waals surface area (Å²) < 4.78 is 0. The van der Waals surface area contributed by atoms with Crippen molar-refractivity contribution in [3.05, 3.63) is 150 Å². The van der Waals surface area contributed by atoms with E-state index in [9.17, 15) is 0 Å². The second-order valence-electron chi connectivity index (χ2n) is 12.0. The molecule has 0 fully saturated rings. The smallest absolute Gasteiger partial charge is 0.0956 e. The minimum atomic E-state index is 0.983. The van der Waals surface area contributed by atoms with Crippen molar-refractivity contribution < 1.29 is 0 Å². The Bertz CT molecular complexity index is 2540. The van der Waals surface area contributed by atoms with Gasteiger partial charge in [-0.05, 0) is 87.1 Å². The van der Waals surface area contributed by atoms with Crippen molar-refractivity contribution in [2.45, 2.75) is 17.7 Å². The highest BCUT2D eigenvalue weighted by atomic mass is 32.2. The summed E-state index contributed by atoms with van der Waals surface area (Å²) in [4.78, 5) is 15.3. The highest BCUT2D eigenvalue weighted by molar-refractivity contribution is 8.03. The number of fused-ring (bicyclic) bond motifs is 9. The molecule has 3 heterocycles. The second kappa shape index (κ2) is 10.0. The molecule has 6 aromatic carbocycles. The Morgan fingerprint density at radius 1 is 0.565 bits per heavy atom. The summed E-state index contributed by atoms with van der Waals surface area (Å²) in [6, 6.07) is 41.8. The zero-order valence-corrected chi connectivity index (χ0v) is 25.8. The fourth-order valence-electron chi connectivity index (χ4n) is 7.62. The van der Waals surface area contributed by atoms with Gasteiger partial charge in [-0.15, -0.1) is 0 Å². The topological polar surface area (TPSA) is 29.0 Å². The maximum Gasteiger partial charge on any atom is 0.0956 e. The summed E-state index contributed by atoms with van der Waals surface area (Å²) in [5.74, 6) is 0. The summed E-state index contributed by atoms with van der Waals surface area (Å²) in [7, 11) is 0. The quantitative estimate of drug-likeness (QED) is 0.145. The molecule has 2 aromatic heterocycles. The number of thioether (sulfide) groups is 1. The average Bonchev–Trinajstić information content (AvgIpc) is 3.13. The Kier molecular flexibility index (Phi) is 5.63. The maximum atomic E-state index is 5.14. The van der Waals surface area contributed by atoms with E-state index >= 15 is 0 Å². The van der Waals surface area contributed by atoms with Crippen molar-refractivity contribution in [3.63, 3.8) is 0 Å². The van der Waals surface area contributed by atoms with Gasteiger partial charge in [-0.3, -0.25) is 9.97 Å². The Labute approximate surface area is 270 Å². The van der Waals surface area contributed by atoms with Crippen LogP contribution in [0, 0.1) is 0 Å². The van der Waals surface area contributed by atoms with E-state index in [1.807, 2.05) is 24.2 Å². The van der Waals surface area contributed by atoms with Crippen molar-refractivity contribution in [1.82, 2.24) is 9.97 Å². The first-order valence-electron chi connectivity index (χ1n) is 15.8. The molecule has 0 N–H and O–H groups in total. The number of aromatic nitrogens is 2. The monoisotopic (exact) mass is 605 g/mol. The summed E-state index contributed by atoms with van der Waals surface area (Å²) in [6.45, 7) is 0. The van der Waals surface area contributed by atoms with Crippen molar-refractivity contribution in [2.24, 2.45) is 0 Å². The molecule has 0 bridgehead atoms. The molecule has 8 aromatic rings. The van der Waals surface area contributed by atoms with E-state index in [1.165, 1.54) is 53.5 Å². The third kappa shape index (κ3) is 3.68. The number of hydrogen-bond acceptors (Lipinski definition) is 4. The van der Waals surface area contributed by atoms with Crippen LogP contribution in [0.15, 0.2) is 155 Å². The van der Waals surface area contributed by atoms with Gasteiger partial charge in [-0.1, -0.05) is 103 Å². The van der Waals surface area contributed by atoms with Crippen LogP contribution in [0.5, 0.6) is 0 Å². The maximum absolute atomic E-state index is 5.14. The minimum Gasteiger partial charge on any atom is -0.309 e. The van der Waals surface area contributed by atoms with Gasteiger partial charge < -0.3 is 4.90 Å². The van der Waals surface area contributed by atoms with Crippen molar-refractivity contribution in [1.29, 1.82) is 0 Å². The number of nitrogens with zero attached hydrogens (tertiary/aromatic N) is 3. The van der Waals surface area contributed by atoms with Crippen LogP contribution in [0.25, 0.3) is 65.3 Å². The molecule has 0 atom stereocenters. The fourth-order valence-corrected chi connectivity index (χ4v) is 8.74. The highest BCUT2D eigenvalue weighted by Crippen LogP contribution is 2.53. The SMILES string of the molecule is C1=CC2=C(CC1)N(c1c3cccnc3c(-c3ccc4c5ccccc5c5ccccc5c4c3)c3cccnc13)c1ccccc1S2. The number of rotatable bonds is 2. The molecule has 3 nitrogen and oxygen atoms in total. The van der Waals surface area contributed by atoms with E-state index in [-0.39, 0.29) is 0 Å². The molecule has 1 aliphatic carbocycles. The van der Waals surface area contributed by atoms with E-state index in [0.717, 1.165) is 51.5 Å². The van der Waals surface area contributed by atoms with Gasteiger partial charge in [-0.25, -0.2) is 0 Å². The van der Waals surface area contributed by atoms with E-state index < -0.39 is 0 Å². The van der Waals surface area contributed by atoms with Gasteiger partial charge in [0.1, 0.15) is 0 Å². The predicted octanol–water partition coefficient (Wildman–Crippen LogP) is 11.7. The first kappa shape index (κ1) is 25.8. The minimum absolute atomic E-state index is 0.983. The third-order valence-electron chi connectivity index (χ3n) is 9.55. The van der Waals surface area contributed by atoms with Gasteiger partial charge in [0, 0.05) is 44.2 Å². The molecule has 0 spiro atoms. The third-order valence-corrected chi connectivity index (χ3v) is 10.7. The van der Waals surface area contributed by atoms with Crippen molar-refractivity contribution >= 4 is 77.3 Å². The molecule has 0 radical (unpaired) electrons. The lowest BCUT2D eigenvalue weighted by molar-refractivity contribution is 0.906. The van der Waals surface area contributed by atoms with Gasteiger partial charge in [0.05, 0.1) is 22.4 Å². The highest BCUT2D eigenvalue weighted by Gasteiger charge is 2.31. The molecule has 0 unspecified atom stereocenters. The summed E-state index contributed by atoms with van der Waals surface area (Å²) in [5.41, 5.74) is 7.90. The lowest BCUT2D eigenvalue weighted by Gasteiger charge is -2.37. The van der Waals surface area contributed by atoms with E-state index in [4.69, 9.17) is 9.97 Å². The van der Waals surface area contributed by atoms with Crippen LogP contribution in [0.1, 0.15) is 12.8 Å². The molecular weight excluding hydrogens is 579 g/mol. The van der Waals surface area contributed by atoms with Gasteiger partial charge in [-0.2, -0.15) is 0 Å².